The molecule has 1 amide bonds. The number of amides is 1. The topological polar surface area (TPSA) is 73.2 Å². The molecule has 6 nitrogen and oxygen atoms in total. The SMILES string of the molecule is CC(C)(C)OC(=O)N1CCCC1c1ccc(CO)cc1.CN1CCCC1c1ccc(CO)cc1. The number of carbonyl (C=O) groups excluding carboxylic acids is 1. The maximum atomic E-state index is 12.2. The summed E-state index contributed by atoms with van der Waals surface area (Å²) in [7, 11) is 2.18. The third-order valence-corrected chi connectivity index (χ3v) is 6.50. The fraction of sp³-hybridized carbons (Fsp3) is 0.536. The Kier molecular flexibility index (Phi) is 9.11. The Morgan fingerprint density at radius 2 is 1.32 bits per heavy atom. The second-order valence-electron chi connectivity index (χ2n) is 10.3. The number of benzene rings is 2. The van der Waals surface area contributed by atoms with Crippen LogP contribution >= 0.6 is 0 Å². The quantitative estimate of drug-likeness (QED) is 0.646. The van der Waals surface area contributed by atoms with Gasteiger partial charge in [-0.15, -0.1) is 0 Å². The number of hydrogen-bond donors (Lipinski definition) is 2. The number of likely N-dealkylation sites (tertiary alicyclic amines) is 2. The minimum Gasteiger partial charge on any atom is -0.444 e. The number of rotatable bonds is 4. The molecule has 0 bridgehead atoms. The molecule has 2 aliphatic heterocycles. The van der Waals surface area contributed by atoms with Crippen molar-refractivity contribution < 1.29 is 19.7 Å². The molecule has 4 rings (SSSR count). The van der Waals surface area contributed by atoms with Gasteiger partial charge in [-0.1, -0.05) is 48.5 Å². The lowest BCUT2D eigenvalue weighted by Crippen LogP contribution is -2.36. The number of nitrogens with zero attached hydrogens (tertiary/aromatic N) is 2. The molecule has 34 heavy (non-hydrogen) atoms. The van der Waals surface area contributed by atoms with Crippen LogP contribution in [0.5, 0.6) is 0 Å². The van der Waals surface area contributed by atoms with Gasteiger partial charge < -0.3 is 19.8 Å². The van der Waals surface area contributed by atoms with Crippen LogP contribution in [-0.4, -0.2) is 51.8 Å². The fourth-order valence-corrected chi connectivity index (χ4v) is 4.67. The molecule has 0 aromatic heterocycles. The van der Waals surface area contributed by atoms with Crippen molar-refractivity contribution in [3.63, 3.8) is 0 Å². The van der Waals surface area contributed by atoms with Gasteiger partial charge in [0.15, 0.2) is 0 Å². The van der Waals surface area contributed by atoms with Gasteiger partial charge in [0.2, 0.25) is 0 Å². The average Bonchev–Trinajstić information content (AvgIpc) is 3.48. The summed E-state index contributed by atoms with van der Waals surface area (Å²) in [6.07, 6.45) is 4.26. The Bertz CT molecular complexity index is 905. The fourth-order valence-electron chi connectivity index (χ4n) is 4.67. The van der Waals surface area contributed by atoms with E-state index in [1.807, 2.05) is 57.2 Å². The van der Waals surface area contributed by atoms with Crippen LogP contribution in [0.4, 0.5) is 4.79 Å². The molecule has 0 saturated carbocycles. The van der Waals surface area contributed by atoms with Crippen molar-refractivity contribution in [3.05, 3.63) is 70.8 Å². The van der Waals surface area contributed by atoms with Gasteiger partial charge in [-0.05, 0) is 82.3 Å². The van der Waals surface area contributed by atoms with Crippen LogP contribution in [0.3, 0.4) is 0 Å². The van der Waals surface area contributed by atoms with Crippen LogP contribution in [-0.2, 0) is 18.0 Å². The maximum Gasteiger partial charge on any atom is 0.410 e. The summed E-state index contributed by atoms with van der Waals surface area (Å²) in [6, 6.07) is 16.7. The first kappa shape index (κ1) is 26.2. The first-order chi connectivity index (χ1) is 16.2. The molecule has 0 radical (unpaired) electrons. The van der Waals surface area contributed by atoms with Gasteiger partial charge in [-0.25, -0.2) is 4.79 Å². The Labute approximate surface area is 204 Å². The molecular formula is C28H40N2O4. The van der Waals surface area contributed by atoms with Crippen LogP contribution in [0.25, 0.3) is 0 Å². The van der Waals surface area contributed by atoms with Crippen molar-refractivity contribution in [1.29, 1.82) is 0 Å². The summed E-state index contributed by atoms with van der Waals surface area (Å²) in [5, 5.41) is 18.0. The highest BCUT2D eigenvalue weighted by Crippen LogP contribution is 2.33. The standard InChI is InChI=1S/C16H23NO3.C12H17NO/c1-16(2,3)20-15(19)17-10-4-5-14(17)13-8-6-12(11-18)7-9-13;1-13-8-2-3-12(13)11-6-4-10(9-14)5-7-11/h6-9,14,18H,4-5,10-11H2,1-3H3;4-7,12,14H,2-3,8-9H2,1H3. The summed E-state index contributed by atoms with van der Waals surface area (Å²) >= 11 is 0. The summed E-state index contributed by atoms with van der Waals surface area (Å²) in [5.41, 5.74) is 3.89. The monoisotopic (exact) mass is 468 g/mol. The van der Waals surface area contributed by atoms with E-state index in [1.54, 1.807) is 4.90 Å². The van der Waals surface area contributed by atoms with E-state index < -0.39 is 5.60 Å². The second kappa shape index (κ2) is 11.8. The molecule has 2 atom stereocenters. The molecule has 2 aliphatic rings. The lowest BCUT2D eigenvalue weighted by molar-refractivity contribution is 0.0224. The number of hydrogen-bond acceptors (Lipinski definition) is 5. The van der Waals surface area contributed by atoms with Crippen LogP contribution in [0, 0.1) is 0 Å². The van der Waals surface area contributed by atoms with Gasteiger partial charge in [0.1, 0.15) is 5.60 Å². The highest BCUT2D eigenvalue weighted by atomic mass is 16.6. The number of carbonyl (C=O) groups is 1. The van der Waals surface area contributed by atoms with Gasteiger partial charge >= 0.3 is 6.09 Å². The smallest absolute Gasteiger partial charge is 0.410 e. The third kappa shape index (κ3) is 7.05. The van der Waals surface area contributed by atoms with E-state index in [2.05, 4.69) is 24.1 Å². The van der Waals surface area contributed by atoms with Gasteiger partial charge in [-0.2, -0.15) is 0 Å². The van der Waals surface area contributed by atoms with Crippen molar-refractivity contribution in [3.8, 4) is 0 Å². The second-order valence-corrected chi connectivity index (χ2v) is 10.3. The van der Waals surface area contributed by atoms with E-state index >= 15 is 0 Å². The van der Waals surface area contributed by atoms with E-state index in [4.69, 9.17) is 14.9 Å². The summed E-state index contributed by atoms with van der Waals surface area (Å²) in [5.74, 6) is 0. The van der Waals surface area contributed by atoms with Gasteiger partial charge in [0, 0.05) is 12.6 Å². The zero-order valence-corrected chi connectivity index (χ0v) is 21.0. The van der Waals surface area contributed by atoms with Crippen LogP contribution in [0.15, 0.2) is 48.5 Å². The Hall–Kier alpha value is -2.41. The number of ether oxygens (including phenoxy) is 1. The molecule has 186 valence electrons. The molecule has 2 N–H and O–H groups in total. The molecule has 2 heterocycles. The van der Waals surface area contributed by atoms with Crippen molar-refractivity contribution in [2.75, 3.05) is 20.1 Å². The molecular weight excluding hydrogens is 428 g/mol. The Balaban J connectivity index is 0.000000202. The van der Waals surface area contributed by atoms with E-state index in [-0.39, 0.29) is 25.3 Å². The van der Waals surface area contributed by atoms with Gasteiger partial charge in [0.25, 0.3) is 0 Å². The van der Waals surface area contributed by atoms with Gasteiger partial charge in [0.05, 0.1) is 19.3 Å². The van der Waals surface area contributed by atoms with Crippen molar-refractivity contribution >= 4 is 6.09 Å². The molecule has 2 unspecified atom stereocenters. The highest BCUT2D eigenvalue weighted by Gasteiger charge is 2.33. The molecule has 2 aromatic carbocycles. The van der Waals surface area contributed by atoms with Crippen molar-refractivity contribution in [2.24, 2.45) is 0 Å². The third-order valence-electron chi connectivity index (χ3n) is 6.50. The predicted molar refractivity (Wildman–Crippen MR) is 134 cm³/mol. The Morgan fingerprint density at radius 1 is 0.853 bits per heavy atom. The summed E-state index contributed by atoms with van der Waals surface area (Å²) < 4.78 is 5.47. The largest absolute Gasteiger partial charge is 0.444 e. The van der Waals surface area contributed by atoms with E-state index in [9.17, 15) is 4.79 Å². The van der Waals surface area contributed by atoms with E-state index in [0.717, 1.165) is 36.1 Å². The van der Waals surface area contributed by atoms with Crippen LogP contribution < -0.4 is 0 Å². The molecule has 2 fully saturated rings. The first-order valence-corrected chi connectivity index (χ1v) is 12.3. The summed E-state index contributed by atoms with van der Waals surface area (Å²) in [6.45, 7) is 7.76. The van der Waals surface area contributed by atoms with Crippen molar-refractivity contribution in [1.82, 2.24) is 9.80 Å². The molecule has 0 spiro atoms. The van der Waals surface area contributed by atoms with Crippen LogP contribution in [0.2, 0.25) is 0 Å². The van der Waals surface area contributed by atoms with Crippen molar-refractivity contribution in [2.45, 2.75) is 77.4 Å². The molecule has 2 aromatic rings. The zero-order valence-electron chi connectivity index (χ0n) is 21.0. The minimum absolute atomic E-state index is 0.0424. The molecule has 0 aliphatic carbocycles. The lowest BCUT2D eigenvalue weighted by atomic mass is 10.0. The normalized spacial score (nSPS) is 20.7. The first-order valence-electron chi connectivity index (χ1n) is 12.3. The number of aliphatic hydroxyl groups is 2. The lowest BCUT2D eigenvalue weighted by Gasteiger charge is -2.28. The number of aliphatic hydroxyl groups excluding tert-OH is 2. The average molecular weight is 469 g/mol. The zero-order chi connectivity index (χ0) is 24.7. The molecule has 6 heteroatoms. The summed E-state index contributed by atoms with van der Waals surface area (Å²) in [4.78, 5) is 16.4. The predicted octanol–water partition coefficient (Wildman–Crippen LogP) is 5.20. The Morgan fingerprint density at radius 3 is 1.76 bits per heavy atom. The van der Waals surface area contributed by atoms with Gasteiger partial charge in [-0.3, -0.25) is 4.90 Å². The van der Waals surface area contributed by atoms with Crippen LogP contribution in [0.1, 0.15) is 80.8 Å². The molecule has 2 saturated heterocycles. The highest BCUT2D eigenvalue weighted by molar-refractivity contribution is 5.69. The van der Waals surface area contributed by atoms with E-state index in [0.29, 0.717) is 6.04 Å². The maximum absolute atomic E-state index is 12.2. The van der Waals surface area contributed by atoms with E-state index in [1.165, 1.54) is 24.9 Å². The minimum atomic E-state index is -0.467.